The van der Waals surface area contributed by atoms with Gasteiger partial charge in [0.1, 0.15) is 0 Å². The molecular weight excluding hydrogens is 665 g/mol. The number of hydrogen-bond acceptors (Lipinski definition) is 4. The van der Waals surface area contributed by atoms with Crippen molar-refractivity contribution in [2.24, 2.45) is 11.8 Å². The van der Waals surface area contributed by atoms with Crippen molar-refractivity contribution in [2.75, 3.05) is 0 Å². The van der Waals surface area contributed by atoms with E-state index in [0.717, 1.165) is 47.8 Å². The van der Waals surface area contributed by atoms with Gasteiger partial charge in [-0.2, -0.15) is 0 Å². The molecule has 0 unspecified atom stereocenters. The summed E-state index contributed by atoms with van der Waals surface area (Å²) in [6.07, 6.45) is 25.1. The predicted molar refractivity (Wildman–Crippen MR) is 216 cm³/mol. The summed E-state index contributed by atoms with van der Waals surface area (Å²) in [5.74, 6) is 3.26. The van der Waals surface area contributed by atoms with Gasteiger partial charge in [-0.15, -0.1) is 0 Å². The van der Waals surface area contributed by atoms with Crippen LogP contribution in [0.5, 0.6) is 0 Å². The smallest absolute Gasteiger partial charge is 0.0992 e. The highest BCUT2D eigenvalue weighted by Crippen LogP contribution is 2.49. The monoisotopic (exact) mass is 720 g/mol. The average Bonchev–Trinajstić information content (AvgIpc) is 4.14. The molecule has 4 aromatic heterocycles. The van der Waals surface area contributed by atoms with E-state index in [0.29, 0.717) is 35.5 Å². The molecule has 10 rings (SSSR count). The van der Waals surface area contributed by atoms with Crippen molar-refractivity contribution in [1.29, 1.82) is 0 Å². The Kier molecular flexibility index (Phi) is 9.92. The molecule has 4 saturated carbocycles. The Labute approximate surface area is 320 Å². The lowest BCUT2D eigenvalue weighted by atomic mass is 9.75. The van der Waals surface area contributed by atoms with Gasteiger partial charge >= 0.3 is 0 Å². The number of benzene rings is 2. The molecule has 0 spiro atoms. The molecule has 6 heteroatoms. The van der Waals surface area contributed by atoms with Crippen molar-refractivity contribution in [2.45, 2.75) is 127 Å². The lowest BCUT2D eigenvalue weighted by Crippen LogP contribution is -2.21. The molecule has 280 valence electrons. The van der Waals surface area contributed by atoms with E-state index in [1.54, 1.807) is 0 Å². The zero-order valence-electron chi connectivity index (χ0n) is 32.0. The van der Waals surface area contributed by atoms with Crippen LogP contribution in [-0.4, -0.2) is 29.0 Å². The van der Waals surface area contributed by atoms with Crippen molar-refractivity contribution in [3.8, 4) is 0 Å². The maximum Gasteiger partial charge on any atom is 0.0992 e. The van der Waals surface area contributed by atoms with E-state index in [1.165, 1.54) is 84.7 Å². The Balaban J connectivity index is 0.000000142. The standard InChI is InChI=1S/2C24H28N2O/c2*1-16-2-4-17(5-3-16)18-6-10-20(11-7-18)24(27)23-21(19-8-9-19)12-13-26-15-25-14-22(23)26/h2*2-5,12-15,18-20,24,27H,6-11H2,1H3/t2*18?,20?,24-/m10/s1. The minimum Gasteiger partial charge on any atom is -0.388 e. The normalized spacial score (nSPS) is 24.2. The van der Waals surface area contributed by atoms with E-state index < -0.39 is 0 Å². The summed E-state index contributed by atoms with van der Waals surface area (Å²) in [5, 5.41) is 22.7. The van der Waals surface area contributed by atoms with Crippen LogP contribution in [-0.2, 0) is 0 Å². The first-order valence-electron chi connectivity index (χ1n) is 20.8. The van der Waals surface area contributed by atoms with E-state index in [2.05, 4.69) is 106 Å². The van der Waals surface area contributed by atoms with Crippen LogP contribution in [0.15, 0.2) is 98.1 Å². The molecule has 0 amide bonds. The first kappa shape index (κ1) is 35.4. The number of fused-ring (bicyclic) bond motifs is 2. The van der Waals surface area contributed by atoms with Crippen molar-refractivity contribution in [3.05, 3.63) is 143 Å². The zero-order chi connectivity index (χ0) is 36.8. The Morgan fingerprint density at radius 3 is 1.19 bits per heavy atom. The van der Waals surface area contributed by atoms with Crippen molar-refractivity contribution in [1.82, 2.24) is 18.8 Å². The van der Waals surface area contributed by atoms with Gasteiger partial charge in [-0.05, 0) is 161 Å². The molecule has 0 bridgehead atoms. The summed E-state index contributed by atoms with van der Waals surface area (Å²) in [6.45, 7) is 4.29. The largest absolute Gasteiger partial charge is 0.388 e. The molecule has 2 aromatic carbocycles. The Hall–Kier alpha value is -4.26. The third-order valence-corrected chi connectivity index (χ3v) is 13.5. The van der Waals surface area contributed by atoms with Gasteiger partial charge in [0.25, 0.3) is 0 Å². The number of imidazole rings is 2. The van der Waals surface area contributed by atoms with Crippen LogP contribution in [0.4, 0.5) is 0 Å². The van der Waals surface area contributed by atoms with Crippen molar-refractivity contribution in [3.63, 3.8) is 0 Å². The quantitative estimate of drug-likeness (QED) is 0.164. The lowest BCUT2D eigenvalue weighted by molar-refractivity contribution is 0.0808. The zero-order valence-corrected chi connectivity index (χ0v) is 32.0. The van der Waals surface area contributed by atoms with Gasteiger partial charge in [-0.1, -0.05) is 59.7 Å². The number of pyridine rings is 2. The van der Waals surface area contributed by atoms with Crippen LogP contribution < -0.4 is 0 Å². The molecule has 0 radical (unpaired) electrons. The highest BCUT2D eigenvalue weighted by Gasteiger charge is 2.36. The second kappa shape index (κ2) is 15.1. The minimum absolute atomic E-state index is 0.352. The van der Waals surface area contributed by atoms with Crippen LogP contribution in [0.3, 0.4) is 0 Å². The molecular formula is C48H56N4O2. The molecule has 4 fully saturated rings. The van der Waals surface area contributed by atoms with Gasteiger partial charge in [0.2, 0.25) is 0 Å². The van der Waals surface area contributed by atoms with Gasteiger partial charge < -0.3 is 19.0 Å². The molecule has 6 nitrogen and oxygen atoms in total. The summed E-state index contributed by atoms with van der Waals surface area (Å²) in [6, 6.07) is 22.5. The Morgan fingerprint density at radius 1 is 0.481 bits per heavy atom. The second-order valence-corrected chi connectivity index (χ2v) is 17.2. The van der Waals surface area contributed by atoms with Crippen LogP contribution in [0.2, 0.25) is 0 Å². The number of aromatic nitrogens is 4. The van der Waals surface area contributed by atoms with Crippen molar-refractivity contribution < 1.29 is 10.2 Å². The van der Waals surface area contributed by atoms with Gasteiger partial charge in [0, 0.05) is 23.5 Å². The van der Waals surface area contributed by atoms with Gasteiger partial charge in [-0.3, -0.25) is 0 Å². The molecule has 0 aliphatic heterocycles. The lowest BCUT2D eigenvalue weighted by Gasteiger charge is -2.33. The van der Waals surface area contributed by atoms with Crippen molar-refractivity contribution >= 4 is 11.0 Å². The highest BCUT2D eigenvalue weighted by atomic mass is 16.3. The molecule has 4 aliphatic carbocycles. The second-order valence-electron chi connectivity index (χ2n) is 17.2. The fourth-order valence-electron chi connectivity index (χ4n) is 9.89. The molecule has 4 aliphatic rings. The predicted octanol–water partition coefficient (Wildman–Crippen LogP) is 11.1. The highest BCUT2D eigenvalue weighted by molar-refractivity contribution is 5.60. The number of aryl methyl sites for hydroxylation is 2. The molecule has 6 aromatic rings. The van der Waals surface area contributed by atoms with E-state index in [9.17, 15) is 10.2 Å². The topological polar surface area (TPSA) is 75.1 Å². The number of nitrogens with zero attached hydrogens (tertiary/aromatic N) is 4. The van der Waals surface area contributed by atoms with Gasteiger partial charge in [0.05, 0.1) is 48.3 Å². The summed E-state index contributed by atoms with van der Waals surface area (Å²) in [4.78, 5) is 8.64. The third kappa shape index (κ3) is 7.27. The molecule has 2 atom stereocenters. The average molecular weight is 721 g/mol. The van der Waals surface area contributed by atoms with E-state index in [1.807, 2.05) is 25.0 Å². The molecule has 0 saturated heterocycles. The Bertz CT molecular complexity index is 2020. The minimum atomic E-state index is -0.375. The van der Waals surface area contributed by atoms with Crippen LogP contribution in [0.1, 0.15) is 157 Å². The van der Waals surface area contributed by atoms with E-state index >= 15 is 0 Å². The molecule has 2 N–H and O–H groups in total. The Morgan fingerprint density at radius 2 is 0.833 bits per heavy atom. The molecule has 54 heavy (non-hydrogen) atoms. The summed E-state index contributed by atoms with van der Waals surface area (Å²) in [5.41, 5.74) is 12.8. The molecule has 4 heterocycles. The summed E-state index contributed by atoms with van der Waals surface area (Å²) >= 11 is 0. The first-order chi connectivity index (χ1) is 26.4. The summed E-state index contributed by atoms with van der Waals surface area (Å²) in [7, 11) is 0. The number of rotatable bonds is 8. The maximum absolute atomic E-state index is 11.4. The number of aliphatic hydroxyl groups is 2. The fourth-order valence-corrected chi connectivity index (χ4v) is 9.89. The van der Waals surface area contributed by atoms with Crippen LogP contribution in [0.25, 0.3) is 11.0 Å². The first-order valence-corrected chi connectivity index (χ1v) is 20.8. The SMILES string of the molecule is Cc1ccc(C2CCC([C@@H](O)c3c(C4CC4)ccn4cncc34)CC2)cc1.Cc1ccc(C2CCC([C@H](O)c3c(C4CC4)ccn4cncc34)CC2)cc1. The number of aliphatic hydroxyl groups excluding tert-OH is 2. The summed E-state index contributed by atoms with van der Waals surface area (Å²) < 4.78 is 4.12. The van der Waals surface area contributed by atoms with Gasteiger partial charge in [0.15, 0.2) is 0 Å². The maximum atomic E-state index is 11.4. The van der Waals surface area contributed by atoms with Crippen LogP contribution >= 0.6 is 0 Å². The van der Waals surface area contributed by atoms with Crippen LogP contribution in [0, 0.1) is 25.7 Å². The van der Waals surface area contributed by atoms with E-state index in [-0.39, 0.29) is 12.2 Å². The van der Waals surface area contributed by atoms with E-state index in [4.69, 9.17) is 0 Å². The van der Waals surface area contributed by atoms with Gasteiger partial charge in [-0.25, -0.2) is 9.97 Å². The fraction of sp³-hybridized carbons (Fsp3) is 0.458. The third-order valence-electron chi connectivity index (χ3n) is 13.5. The number of hydrogen-bond donors (Lipinski definition) is 2.